The fourth-order valence-corrected chi connectivity index (χ4v) is 3.18. The highest BCUT2D eigenvalue weighted by Crippen LogP contribution is 2.21. The molecule has 0 radical (unpaired) electrons. The van der Waals surface area contributed by atoms with E-state index in [2.05, 4.69) is 16.0 Å². The molecule has 3 amide bonds. The van der Waals surface area contributed by atoms with E-state index in [9.17, 15) is 23.2 Å². The zero-order chi connectivity index (χ0) is 23.1. The van der Waals surface area contributed by atoms with E-state index in [-0.39, 0.29) is 22.2 Å². The van der Waals surface area contributed by atoms with Gasteiger partial charge in [0.2, 0.25) is 11.8 Å². The summed E-state index contributed by atoms with van der Waals surface area (Å²) in [5, 5.41) is 7.89. The predicted molar refractivity (Wildman–Crippen MR) is 115 cm³/mol. The summed E-state index contributed by atoms with van der Waals surface area (Å²) in [6.45, 7) is 3.32. The second-order valence-corrected chi connectivity index (χ2v) is 8.02. The van der Waals surface area contributed by atoms with Gasteiger partial charge in [-0.2, -0.15) is 0 Å². The lowest BCUT2D eigenvalue weighted by atomic mass is 10.0. The van der Waals surface area contributed by atoms with Crippen molar-refractivity contribution in [1.82, 2.24) is 10.6 Å². The second-order valence-electron chi connectivity index (χ2n) is 7.17. The van der Waals surface area contributed by atoms with Gasteiger partial charge in [-0.25, -0.2) is 8.78 Å². The minimum atomic E-state index is -1.11. The highest BCUT2D eigenvalue weighted by molar-refractivity contribution is 6.36. The molecule has 0 saturated heterocycles. The van der Waals surface area contributed by atoms with Crippen molar-refractivity contribution in [2.75, 3.05) is 11.9 Å². The van der Waals surface area contributed by atoms with E-state index in [1.807, 2.05) is 13.8 Å². The van der Waals surface area contributed by atoms with Crippen LogP contribution in [0.3, 0.4) is 0 Å². The summed E-state index contributed by atoms with van der Waals surface area (Å²) >= 11 is 11.9. The molecule has 31 heavy (non-hydrogen) atoms. The van der Waals surface area contributed by atoms with Crippen LogP contribution in [0.1, 0.15) is 30.6 Å². The molecule has 2 aromatic rings. The molecule has 0 heterocycles. The van der Waals surface area contributed by atoms with Crippen LogP contribution in [0, 0.1) is 17.6 Å². The Morgan fingerprint density at radius 2 is 1.71 bits per heavy atom. The zero-order valence-electron chi connectivity index (χ0n) is 16.8. The molecule has 1 unspecified atom stereocenters. The minimum absolute atomic E-state index is 0.0440. The molecule has 0 aliphatic heterocycles. The summed E-state index contributed by atoms with van der Waals surface area (Å²) in [6, 6.07) is 6.33. The van der Waals surface area contributed by atoms with Gasteiger partial charge in [0.25, 0.3) is 5.91 Å². The van der Waals surface area contributed by atoms with Crippen LogP contribution < -0.4 is 16.0 Å². The summed E-state index contributed by atoms with van der Waals surface area (Å²) in [6.07, 6.45) is 0.313. The largest absolute Gasteiger partial charge is 0.345 e. The normalized spacial score (nSPS) is 11.7. The lowest BCUT2D eigenvalue weighted by Crippen LogP contribution is -2.49. The fourth-order valence-electron chi connectivity index (χ4n) is 2.68. The van der Waals surface area contributed by atoms with E-state index in [1.54, 1.807) is 0 Å². The van der Waals surface area contributed by atoms with Gasteiger partial charge in [-0.3, -0.25) is 14.4 Å². The first-order valence-corrected chi connectivity index (χ1v) is 10.1. The van der Waals surface area contributed by atoms with E-state index >= 15 is 0 Å². The Balaban J connectivity index is 1.99. The molecule has 6 nitrogen and oxygen atoms in total. The first kappa shape index (κ1) is 24.6. The van der Waals surface area contributed by atoms with Crippen LogP contribution in [-0.4, -0.2) is 30.3 Å². The molecular formula is C21H21Cl2F2N3O3. The third-order valence-electron chi connectivity index (χ3n) is 4.13. The van der Waals surface area contributed by atoms with Gasteiger partial charge >= 0.3 is 0 Å². The van der Waals surface area contributed by atoms with E-state index < -0.39 is 41.9 Å². The van der Waals surface area contributed by atoms with E-state index in [0.717, 1.165) is 12.1 Å². The summed E-state index contributed by atoms with van der Waals surface area (Å²) < 4.78 is 26.2. The predicted octanol–water partition coefficient (Wildman–Crippen LogP) is 4.17. The molecule has 0 aliphatic carbocycles. The molecule has 0 spiro atoms. The summed E-state index contributed by atoms with van der Waals surface area (Å²) in [7, 11) is 0. The Morgan fingerprint density at radius 1 is 1.00 bits per heavy atom. The van der Waals surface area contributed by atoms with Crippen molar-refractivity contribution in [2.24, 2.45) is 5.92 Å². The van der Waals surface area contributed by atoms with Crippen molar-refractivity contribution in [2.45, 2.75) is 26.3 Å². The molecule has 166 valence electrons. The number of hydrogen-bond donors (Lipinski definition) is 3. The summed E-state index contributed by atoms with van der Waals surface area (Å²) in [5.74, 6) is -3.87. The van der Waals surface area contributed by atoms with Gasteiger partial charge in [-0.1, -0.05) is 37.0 Å². The number of carbonyl (C=O) groups is 3. The Bertz CT molecular complexity index is 986. The topological polar surface area (TPSA) is 87.3 Å². The lowest BCUT2D eigenvalue weighted by molar-refractivity contribution is -0.125. The molecule has 0 aliphatic rings. The van der Waals surface area contributed by atoms with Gasteiger partial charge < -0.3 is 16.0 Å². The number of amides is 3. The number of hydrogen-bond acceptors (Lipinski definition) is 3. The molecule has 3 N–H and O–H groups in total. The maximum absolute atomic E-state index is 13.2. The second kappa shape index (κ2) is 11.1. The fraction of sp³-hybridized carbons (Fsp3) is 0.286. The Labute approximate surface area is 188 Å². The molecule has 0 bridgehead atoms. The van der Waals surface area contributed by atoms with Gasteiger partial charge in [-0.05, 0) is 42.7 Å². The smallest absolute Gasteiger partial charge is 0.253 e. The van der Waals surface area contributed by atoms with Gasteiger partial charge in [0.15, 0.2) is 11.6 Å². The van der Waals surface area contributed by atoms with Gasteiger partial charge in [0.1, 0.15) is 6.04 Å². The molecular weight excluding hydrogens is 451 g/mol. The minimum Gasteiger partial charge on any atom is -0.345 e. The van der Waals surface area contributed by atoms with E-state index in [4.69, 9.17) is 23.2 Å². The van der Waals surface area contributed by atoms with Gasteiger partial charge in [-0.15, -0.1) is 0 Å². The highest BCUT2D eigenvalue weighted by Gasteiger charge is 2.24. The van der Waals surface area contributed by atoms with Crippen molar-refractivity contribution < 1.29 is 23.2 Å². The molecule has 1 atom stereocenters. The van der Waals surface area contributed by atoms with Crippen molar-refractivity contribution in [3.63, 3.8) is 0 Å². The highest BCUT2D eigenvalue weighted by atomic mass is 35.5. The van der Waals surface area contributed by atoms with Crippen molar-refractivity contribution in [3.05, 3.63) is 63.6 Å². The first-order chi connectivity index (χ1) is 14.6. The van der Waals surface area contributed by atoms with Crippen molar-refractivity contribution >= 4 is 46.6 Å². The molecule has 10 heteroatoms. The zero-order valence-corrected chi connectivity index (χ0v) is 18.3. The monoisotopic (exact) mass is 471 g/mol. The van der Waals surface area contributed by atoms with Crippen LogP contribution in [0.15, 0.2) is 36.4 Å². The van der Waals surface area contributed by atoms with Crippen LogP contribution in [0.2, 0.25) is 10.0 Å². The van der Waals surface area contributed by atoms with Crippen LogP contribution in [-0.2, 0) is 9.59 Å². The number of halogens is 4. The van der Waals surface area contributed by atoms with E-state index in [1.165, 1.54) is 24.3 Å². The Kier molecular flexibility index (Phi) is 8.76. The number of anilines is 1. The average Bonchev–Trinajstić information content (AvgIpc) is 2.68. The SMILES string of the molecule is CC(C)CC(NC(=O)c1ccc(Cl)cc1Cl)C(=O)NCC(=O)Nc1ccc(F)c(F)c1. The quantitative estimate of drug-likeness (QED) is 0.539. The number of carbonyl (C=O) groups excluding carboxylic acids is 3. The van der Waals surface area contributed by atoms with Crippen LogP contribution >= 0.6 is 23.2 Å². The van der Waals surface area contributed by atoms with Crippen LogP contribution in [0.5, 0.6) is 0 Å². The van der Waals surface area contributed by atoms with Crippen LogP contribution in [0.4, 0.5) is 14.5 Å². The Morgan fingerprint density at radius 3 is 2.32 bits per heavy atom. The van der Waals surface area contributed by atoms with Crippen molar-refractivity contribution in [1.29, 1.82) is 0 Å². The molecule has 0 fully saturated rings. The molecule has 0 aromatic heterocycles. The van der Waals surface area contributed by atoms with E-state index in [0.29, 0.717) is 11.4 Å². The Hall–Kier alpha value is -2.71. The molecule has 2 aromatic carbocycles. The maximum atomic E-state index is 13.2. The van der Waals surface area contributed by atoms with Crippen molar-refractivity contribution in [3.8, 4) is 0 Å². The number of rotatable bonds is 8. The lowest BCUT2D eigenvalue weighted by Gasteiger charge is -2.20. The summed E-state index contributed by atoms with van der Waals surface area (Å²) in [4.78, 5) is 37.1. The molecule has 2 rings (SSSR count). The molecule has 0 saturated carbocycles. The summed E-state index contributed by atoms with van der Waals surface area (Å²) in [5.41, 5.74) is 0.200. The maximum Gasteiger partial charge on any atom is 0.253 e. The van der Waals surface area contributed by atoms with Gasteiger partial charge in [0.05, 0.1) is 17.1 Å². The standard InChI is InChI=1S/C21H21Cl2F2N3O3/c1-11(2)7-18(28-20(30)14-5-3-12(22)8-15(14)23)21(31)26-10-19(29)27-13-4-6-16(24)17(25)9-13/h3-6,8-9,11,18H,7,10H2,1-2H3,(H,26,31)(H,27,29)(H,28,30). The third-order valence-corrected chi connectivity index (χ3v) is 4.68. The average molecular weight is 472 g/mol. The third kappa shape index (κ3) is 7.48. The first-order valence-electron chi connectivity index (χ1n) is 9.35. The van der Waals surface area contributed by atoms with Gasteiger partial charge in [0, 0.05) is 16.8 Å². The number of nitrogens with one attached hydrogen (secondary N) is 3. The van der Waals surface area contributed by atoms with Crippen LogP contribution in [0.25, 0.3) is 0 Å². The number of benzene rings is 2.